The Morgan fingerprint density at radius 1 is 1.04 bits per heavy atom. The summed E-state index contributed by atoms with van der Waals surface area (Å²) in [5, 5.41) is 10.2. The average molecular weight is 437 g/mol. The quantitative estimate of drug-likeness (QED) is 0.412. The summed E-state index contributed by atoms with van der Waals surface area (Å²) < 4.78 is 11.0. The molecule has 0 radical (unpaired) electrons. The minimum absolute atomic E-state index is 0.0288. The third-order valence-electron chi connectivity index (χ3n) is 3.25. The molecule has 0 heterocycles. The van der Waals surface area contributed by atoms with E-state index < -0.39 is 6.10 Å². The van der Waals surface area contributed by atoms with E-state index in [1.54, 1.807) is 12.1 Å². The first-order valence-corrected chi connectivity index (χ1v) is 10.1. The van der Waals surface area contributed by atoms with Crippen LogP contribution in [0.5, 0.6) is 11.5 Å². The zero-order valence-corrected chi connectivity index (χ0v) is 17.0. The molecule has 0 saturated heterocycles. The van der Waals surface area contributed by atoms with Crippen molar-refractivity contribution in [2.24, 2.45) is 5.73 Å². The topological polar surface area (TPSA) is 64.7 Å². The maximum atomic E-state index is 9.48. The van der Waals surface area contributed by atoms with Gasteiger partial charge in [0.15, 0.2) is 5.75 Å². The molecular weight excluding hydrogens is 417 g/mol. The van der Waals surface area contributed by atoms with Gasteiger partial charge in [-0.05, 0) is 49.4 Å². The summed E-state index contributed by atoms with van der Waals surface area (Å²) in [6, 6.07) is 11.3. The van der Waals surface area contributed by atoms with Crippen molar-refractivity contribution in [3.05, 3.63) is 46.4 Å². The number of halogens is 3. The van der Waals surface area contributed by atoms with Crippen molar-refractivity contribution in [3.63, 3.8) is 0 Å². The van der Waals surface area contributed by atoms with Crippen LogP contribution in [0.25, 0.3) is 0 Å². The SMILES string of the molecule is NCCCOc1ccc(Sc2cc(Cl)c(OCC(O)CCl)c(Cl)c2)cc1. The standard InChI is InChI=1S/C18H20Cl3NO3S/c19-10-12(23)11-25-18-16(20)8-15(9-17(18)21)26-14-4-2-13(3-5-14)24-7-1-6-22/h2-5,8-9,12,23H,1,6-7,10-11,22H2. The van der Waals surface area contributed by atoms with E-state index in [1.807, 2.05) is 24.3 Å². The van der Waals surface area contributed by atoms with E-state index in [0.717, 1.165) is 22.0 Å². The van der Waals surface area contributed by atoms with Gasteiger partial charge < -0.3 is 20.3 Å². The zero-order valence-electron chi connectivity index (χ0n) is 14.0. The number of alkyl halides is 1. The Balaban J connectivity index is 2.01. The average Bonchev–Trinajstić information content (AvgIpc) is 2.62. The van der Waals surface area contributed by atoms with Crippen LogP contribution in [0, 0.1) is 0 Å². The van der Waals surface area contributed by atoms with Gasteiger partial charge in [0.2, 0.25) is 0 Å². The number of aliphatic hydroxyl groups excluding tert-OH is 1. The second-order valence-corrected chi connectivity index (χ2v) is 7.67. The van der Waals surface area contributed by atoms with Crippen LogP contribution in [0.1, 0.15) is 6.42 Å². The fourth-order valence-corrected chi connectivity index (χ4v) is 3.68. The number of hydrogen-bond acceptors (Lipinski definition) is 5. The van der Waals surface area contributed by atoms with Crippen LogP contribution in [-0.2, 0) is 0 Å². The predicted molar refractivity (Wildman–Crippen MR) is 108 cm³/mol. The van der Waals surface area contributed by atoms with E-state index in [0.29, 0.717) is 28.9 Å². The molecule has 4 nitrogen and oxygen atoms in total. The zero-order chi connectivity index (χ0) is 18.9. The number of hydrogen-bond donors (Lipinski definition) is 2. The van der Waals surface area contributed by atoms with Gasteiger partial charge in [-0.2, -0.15) is 0 Å². The van der Waals surface area contributed by atoms with Crippen LogP contribution in [0.3, 0.4) is 0 Å². The molecular formula is C18H20Cl3NO3S. The number of benzene rings is 2. The first-order chi connectivity index (χ1) is 12.5. The number of ether oxygens (including phenoxy) is 2. The molecule has 26 heavy (non-hydrogen) atoms. The second-order valence-electron chi connectivity index (χ2n) is 5.40. The van der Waals surface area contributed by atoms with Gasteiger partial charge in [0.1, 0.15) is 18.5 Å². The highest BCUT2D eigenvalue weighted by molar-refractivity contribution is 7.99. The summed E-state index contributed by atoms with van der Waals surface area (Å²) in [6.07, 6.45) is 0.0487. The highest BCUT2D eigenvalue weighted by atomic mass is 35.5. The monoisotopic (exact) mass is 435 g/mol. The highest BCUT2D eigenvalue weighted by Crippen LogP contribution is 2.39. The van der Waals surface area contributed by atoms with Crippen molar-refractivity contribution in [3.8, 4) is 11.5 Å². The molecule has 0 spiro atoms. The van der Waals surface area contributed by atoms with Gasteiger partial charge in [0.05, 0.1) is 22.5 Å². The fraction of sp³-hybridized carbons (Fsp3) is 0.333. The van der Waals surface area contributed by atoms with Crippen molar-refractivity contribution in [2.45, 2.75) is 22.3 Å². The van der Waals surface area contributed by atoms with Crippen LogP contribution >= 0.6 is 46.6 Å². The van der Waals surface area contributed by atoms with E-state index in [2.05, 4.69) is 0 Å². The molecule has 0 bridgehead atoms. The van der Waals surface area contributed by atoms with Crippen molar-refractivity contribution < 1.29 is 14.6 Å². The maximum absolute atomic E-state index is 9.48. The minimum atomic E-state index is -0.775. The minimum Gasteiger partial charge on any atom is -0.494 e. The molecule has 2 aromatic carbocycles. The van der Waals surface area contributed by atoms with Gasteiger partial charge in [-0.15, -0.1) is 11.6 Å². The molecule has 0 aliphatic heterocycles. The first-order valence-electron chi connectivity index (χ1n) is 8.00. The molecule has 1 unspecified atom stereocenters. The predicted octanol–water partition coefficient (Wildman–Crippen LogP) is 4.85. The van der Waals surface area contributed by atoms with Crippen molar-refractivity contribution in [2.75, 3.05) is 25.6 Å². The van der Waals surface area contributed by atoms with Crippen LogP contribution in [0.15, 0.2) is 46.2 Å². The number of aliphatic hydroxyl groups is 1. The molecule has 2 rings (SSSR count). The molecule has 0 amide bonds. The summed E-state index contributed by atoms with van der Waals surface area (Å²) in [5.41, 5.74) is 5.45. The Bertz CT molecular complexity index is 678. The lowest BCUT2D eigenvalue weighted by Gasteiger charge is -2.13. The largest absolute Gasteiger partial charge is 0.494 e. The van der Waals surface area contributed by atoms with Crippen molar-refractivity contribution in [1.82, 2.24) is 0 Å². The van der Waals surface area contributed by atoms with E-state index >= 15 is 0 Å². The van der Waals surface area contributed by atoms with Crippen LogP contribution < -0.4 is 15.2 Å². The van der Waals surface area contributed by atoms with Gasteiger partial charge >= 0.3 is 0 Å². The van der Waals surface area contributed by atoms with Crippen molar-refractivity contribution >= 4 is 46.6 Å². The lowest BCUT2D eigenvalue weighted by molar-refractivity contribution is 0.125. The molecule has 3 N–H and O–H groups in total. The molecule has 1 atom stereocenters. The van der Waals surface area contributed by atoms with Gasteiger partial charge in [-0.3, -0.25) is 0 Å². The van der Waals surface area contributed by atoms with Gasteiger partial charge in [0, 0.05) is 9.79 Å². The fourth-order valence-electron chi connectivity index (χ4n) is 1.97. The molecule has 0 fully saturated rings. The number of rotatable bonds is 10. The highest BCUT2D eigenvalue weighted by Gasteiger charge is 2.13. The summed E-state index contributed by atoms with van der Waals surface area (Å²) in [7, 11) is 0. The smallest absolute Gasteiger partial charge is 0.156 e. The molecule has 142 valence electrons. The third kappa shape index (κ3) is 6.72. The lowest BCUT2D eigenvalue weighted by atomic mass is 10.3. The molecule has 0 saturated carbocycles. The Morgan fingerprint density at radius 2 is 1.69 bits per heavy atom. The Hall–Kier alpha value is -0.820. The second kappa shape index (κ2) is 11.1. The summed E-state index contributed by atoms with van der Waals surface area (Å²) in [6.45, 7) is 1.25. The van der Waals surface area contributed by atoms with Crippen LogP contribution in [0.4, 0.5) is 0 Å². The molecule has 0 aliphatic rings. The van der Waals surface area contributed by atoms with E-state index in [-0.39, 0.29) is 12.5 Å². The normalized spacial score (nSPS) is 12.0. The third-order valence-corrected chi connectivity index (χ3v) is 5.14. The summed E-state index contributed by atoms with van der Waals surface area (Å²) in [5.74, 6) is 1.22. The summed E-state index contributed by atoms with van der Waals surface area (Å²) in [4.78, 5) is 1.90. The van der Waals surface area contributed by atoms with Crippen LogP contribution in [0.2, 0.25) is 10.0 Å². The van der Waals surface area contributed by atoms with Crippen molar-refractivity contribution in [1.29, 1.82) is 0 Å². The molecule has 8 heteroatoms. The Labute approximate surface area is 172 Å². The van der Waals surface area contributed by atoms with E-state index in [4.69, 9.17) is 50.0 Å². The van der Waals surface area contributed by atoms with Gasteiger partial charge in [0.25, 0.3) is 0 Å². The molecule has 0 aromatic heterocycles. The van der Waals surface area contributed by atoms with E-state index in [1.165, 1.54) is 11.8 Å². The Kier molecular flexibility index (Phi) is 9.19. The van der Waals surface area contributed by atoms with Crippen LogP contribution in [-0.4, -0.2) is 36.8 Å². The lowest BCUT2D eigenvalue weighted by Crippen LogP contribution is -2.19. The maximum Gasteiger partial charge on any atom is 0.156 e. The van der Waals surface area contributed by atoms with E-state index in [9.17, 15) is 5.11 Å². The molecule has 0 aliphatic carbocycles. The van der Waals surface area contributed by atoms with Gasteiger partial charge in [-0.25, -0.2) is 0 Å². The molecule has 2 aromatic rings. The Morgan fingerprint density at radius 3 is 2.27 bits per heavy atom. The summed E-state index contributed by atoms with van der Waals surface area (Å²) >= 11 is 19.6. The van der Waals surface area contributed by atoms with Gasteiger partial charge in [-0.1, -0.05) is 35.0 Å². The number of nitrogens with two attached hydrogens (primary N) is 1. The first kappa shape index (κ1) is 21.5.